The number of carbonyl (C=O) groups is 1. The van der Waals surface area contributed by atoms with Crippen molar-refractivity contribution in [3.63, 3.8) is 0 Å². The number of hydrogen-bond donors (Lipinski definition) is 0. The van der Waals surface area contributed by atoms with Crippen LogP contribution < -0.4 is 4.74 Å². The molecule has 0 aliphatic heterocycles. The summed E-state index contributed by atoms with van der Waals surface area (Å²) in [5.74, 6) is 0.391. The number of halogens is 1. The van der Waals surface area contributed by atoms with Gasteiger partial charge >= 0.3 is 0 Å². The molecule has 0 heterocycles. The summed E-state index contributed by atoms with van der Waals surface area (Å²) in [6.45, 7) is 1.52. The molecule has 0 fully saturated rings. The van der Waals surface area contributed by atoms with Crippen LogP contribution in [0.5, 0.6) is 5.75 Å². The summed E-state index contributed by atoms with van der Waals surface area (Å²) >= 11 is 5.34. The van der Waals surface area contributed by atoms with Gasteiger partial charge in [-0.05, 0) is 30.7 Å². The summed E-state index contributed by atoms with van der Waals surface area (Å²) in [4.78, 5) is 21.5. The Morgan fingerprint density at radius 2 is 1.89 bits per heavy atom. The lowest BCUT2D eigenvalue weighted by Crippen LogP contribution is -2.19. The average molecular weight is 280 g/mol. The molecule has 1 atom stereocenters. The first-order valence-corrected chi connectivity index (χ1v) is 5.90. The SMILES string of the molecule is C[C@H](Oc1ccc([N+](=O)[O-])c2ccccc12)C(=O)Cl. The summed E-state index contributed by atoms with van der Waals surface area (Å²) in [5, 5.41) is 11.4. The van der Waals surface area contributed by atoms with Gasteiger partial charge in [-0.15, -0.1) is 0 Å². The van der Waals surface area contributed by atoms with E-state index in [4.69, 9.17) is 16.3 Å². The third-order valence-electron chi connectivity index (χ3n) is 2.68. The summed E-state index contributed by atoms with van der Waals surface area (Å²) in [5.41, 5.74) is -0.00666. The highest BCUT2D eigenvalue weighted by molar-refractivity contribution is 6.64. The van der Waals surface area contributed by atoms with Crippen molar-refractivity contribution in [3.8, 4) is 5.75 Å². The smallest absolute Gasteiger partial charge is 0.277 e. The number of hydrogen-bond acceptors (Lipinski definition) is 4. The summed E-state index contributed by atoms with van der Waals surface area (Å²) in [6, 6.07) is 9.60. The number of nitrogens with zero attached hydrogens (tertiary/aromatic N) is 1. The van der Waals surface area contributed by atoms with Gasteiger partial charge in [-0.2, -0.15) is 0 Å². The van der Waals surface area contributed by atoms with E-state index in [0.29, 0.717) is 16.5 Å². The van der Waals surface area contributed by atoms with Crippen molar-refractivity contribution in [3.05, 3.63) is 46.5 Å². The van der Waals surface area contributed by atoms with Crippen molar-refractivity contribution in [2.45, 2.75) is 13.0 Å². The molecule has 0 spiro atoms. The lowest BCUT2D eigenvalue weighted by molar-refractivity contribution is -0.383. The normalized spacial score (nSPS) is 12.1. The van der Waals surface area contributed by atoms with Gasteiger partial charge in [-0.3, -0.25) is 14.9 Å². The number of non-ortho nitro benzene ring substituents is 1. The van der Waals surface area contributed by atoms with E-state index in [1.165, 1.54) is 19.1 Å². The van der Waals surface area contributed by atoms with E-state index in [9.17, 15) is 14.9 Å². The molecule has 98 valence electrons. The van der Waals surface area contributed by atoms with E-state index in [-0.39, 0.29) is 5.69 Å². The minimum absolute atomic E-state index is 0.00666. The fourth-order valence-corrected chi connectivity index (χ4v) is 1.80. The molecular formula is C13H10ClNO4. The molecule has 0 unspecified atom stereocenters. The van der Waals surface area contributed by atoms with Crippen molar-refractivity contribution in [1.82, 2.24) is 0 Å². The van der Waals surface area contributed by atoms with Crippen molar-refractivity contribution in [1.29, 1.82) is 0 Å². The third-order valence-corrected chi connectivity index (χ3v) is 2.99. The van der Waals surface area contributed by atoms with E-state index in [0.717, 1.165) is 0 Å². The van der Waals surface area contributed by atoms with Crippen LogP contribution in [-0.2, 0) is 4.79 Å². The van der Waals surface area contributed by atoms with Gasteiger partial charge < -0.3 is 4.74 Å². The maximum atomic E-state index is 11.0. The molecule has 0 bridgehead atoms. The van der Waals surface area contributed by atoms with Crippen LogP contribution in [0.2, 0.25) is 0 Å². The second kappa shape index (κ2) is 5.24. The monoisotopic (exact) mass is 279 g/mol. The zero-order valence-electron chi connectivity index (χ0n) is 10.00. The number of fused-ring (bicyclic) bond motifs is 1. The largest absolute Gasteiger partial charge is 0.481 e. The van der Waals surface area contributed by atoms with Crippen LogP contribution in [0.3, 0.4) is 0 Å². The summed E-state index contributed by atoms with van der Waals surface area (Å²) in [7, 11) is 0. The van der Waals surface area contributed by atoms with E-state index in [2.05, 4.69) is 0 Å². The Balaban J connectivity index is 2.55. The van der Waals surface area contributed by atoms with Gasteiger partial charge in [0.2, 0.25) is 0 Å². The average Bonchev–Trinajstić information content (AvgIpc) is 2.38. The predicted molar refractivity (Wildman–Crippen MR) is 71.6 cm³/mol. The standard InChI is InChI=1S/C13H10ClNO4/c1-8(13(14)16)19-12-7-6-11(15(17)18)9-4-2-3-5-10(9)12/h2-8H,1H3/t8-/m0/s1. The highest BCUT2D eigenvalue weighted by atomic mass is 35.5. The van der Waals surface area contributed by atoms with Gasteiger partial charge in [0.15, 0.2) is 6.10 Å². The van der Waals surface area contributed by atoms with E-state index in [1.807, 2.05) is 0 Å². The molecule has 0 saturated carbocycles. The second-order valence-electron chi connectivity index (χ2n) is 3.95. The molecule has 0 aliphatic carbocycles. The third kappa shape index (κ3) is 2.66. The Labute approximate surface area is 113 Å². The highest BCUT2D eigenvalue weighted by Gasteiger charge is 2.17. The van der Waals surface area contributed by atoms with Crippen molar-refractivity contribution >= 4 is 33.3 Å². The lowest BCUT2D eigenvalue weighted by Gasteiger charge is -2.12. The molecule has 2 aromatic carbocycles. The van der Waals surface area contributed by atoms with Crippen LogP contribution in [-0.4, -0.2) is 16.3 Å². The first-order valence-electron chi connectivity index (χ1n) is 5.53. The van der Waals surface area contributed by atoms with Crippen LogP contribution in [0.15, 0.2) is 36.4 Å². The number of nitro groups is 1. The predicted octanol–water partition coefficient (Wildman–Crippen LogP) is 3.28. The maximum absolute atomic E-state index is 11.0. The number of ether oxygens (including phenoxy) is 1. The van der Waals surface area contributed by atoms with E-state index in [1.54, 1.807) is 24.3 Å². The molecule has 5 nitrogen and oxygen atoms in total. The van der Waals surface area contributed by atoms with Gasteiger partial charge in [0.25, 0.3) is 10.9 Å². The Morgan fingerprint density at radius 3 is 2.47 bits per heavy atom. The molecular weight excluding hydrogens is 270 g/mol. The fourth-order valence-electron chi connectivity index (χ4n) is 1.75. The minimum atomic E-state index is -0.813. The Hall–Kier alpha value is -2.14. The number of rotatable bonds is 4. The topological polar surface area (TPSA) is 69.4 Å². The Bertz CT molecular complexity index is 656. The molecule has 0 radical (unpaired) electrons. The molecule has 0 N–H and O–H groups in total. The lowest BCUT2D eigenvalue weighted by atomic mass is 10.1. The van der Waals surface area contributed by atoms with Crippen molar-refractivity contribution in [2.24, 2.45) is 0 Å². The Morgan fingerprint density at radius 1 is 1.26 bits per heavy atom. The first kappa shape index (κ1) is 13.3. The summed E-state index contributed by atoms with van der Waals surface area (Å²) in [6.07, 6.45) is -0.813. The van der Waals surface area contributed by atoms with E-state index < -0.39 is 16.3 Å². The van der Waals surface area contributed by atoms with Crippen LogP contribution in [0.25, 0.3) is 10.8 Å². The second-order valence-corrected chi connectivity index (χ2v) is 4.32. The maximum Gasteiger partial charge on any atom is 0.277 e. The zero-order chi connectivity index (χ0) is 14.0. The van der Waals surface area contributed by atoms with Crippen molar-refractivity contribution in [2.75, 3.05) is 0 Å². The number of carbonyl (C=O) groups excluding carboxylic acids is 1. The molecule has 19 heavy (non-hydrogen) atoms. The first-order chi connectivity index (χ1) is 9.00. The summed E-state index contributed by atoms with van der Waals surface area (Å²) < 4.78 is 5.42. The van der Waals surface area contributed by atoms with Gasteiger partial charge in [0.1, 0.15) is 5.75 Å². The van der Waals surface area contributed by atoms with Crippen LogP contribution in [0.1, 0.15) is 6.92 Å². The molecule has 2 aromatic rings. The molecule has 0 saturated heterocycles. The molecule has 0 aromatic heterocycles. The molecule has 0 aliphatic rings. The van der Waals surface area contributed by atoms with Crippen LogP contribution >= 0.6 is 11.6 Å². The van der Waals surface area contributed by atoms with Gasteiger partial charge in [-0.1, -0.05) is 18.2 Å². The number of benzene rings is 2. The molecule has 2 rings (SSSR count). The molecule has 6 heteroatoms. The Kier molecular flexibility index (Phi) is 3.66. The van der Waals surface area contributed by atoms with Crippen LogP contribution in [0, 0.1) is 10.1 Å². The minimum Gasteiger partial charge on any atom is -0.481 e. The molecule has 0 amide bonds. The van der Waals surface area contributed by atoms with Gasteiger partial charge in [0.05, 0.1) is 10.3 Å². The highest BCUT2D eigenvalue weighted by Crippen LogP contribution is 2.33. The zero-order valence-corrected chi connectivity index (χ0v) is 10.8. The van der Waals surface area contributed by atoms with Gasteiger partial charge in [-0.25, -0.2) is 0 Å². The van der Waals surface area contributed by atoms with Crippen LogP contribution in [0.4, 0.5) is 5.69 Å². The number of nitro benzene ring substituents is 1. The van der Waals surface area contributed by atoms with Crippen molar-refractivity contribution < 1.29 is 14.5 Å². The quantitative estimate of drug-likeness (QED) is 0.489. The fraction of sp³-hybridized carbons (Fsp3) is 0.154. The van der Waals surface area contributed by atoms with E-state index >= 15 is 0 Å². The van der Waals surface area contributed by atoms with Gasteiger partial charge in [0, 0.05) is 11.5 Å².